The third kappa shape index (κ3) is 5.87. The van der Waals surface area contributed by atoms with Gasteiger partial charge in [0.15, 0.2) is 0 Å². The lowest BCUT2D eigenvalue weighted by Gasteiger charge is -2.31. The van der Waals surface area contributed by atoms with E-state index in [1.54, 1.807) is 41.3 Å². The van der Waals surface area contributed by atoms with Crippen LogP contribution in [0.15, 0.2) is 65.6 Å². The number of benzene rings is 2. The smallest absolute Gasteiger partial charge is 0.387 e. The molecule has 30 heavy (non-hydrogen) atoms. The first kappa shape index (κ1) is 21.9. The van der Waals surface area contributed by atoms with E-state index < -0.39 is 16.6 Å². The molecule has 1 aliphatic heterocycles. The van der Waals surface area contributed by atoms with Gasteiger partial charge in [0.25, 0.3) is 0 Å². The van der Waals surface area contributed by atoms with E-state index in [-0.39, 0.29) is 22.6 Å². The fourth-order valence-electron chi connectivity index (χ4n) is 3.19. The van der Waals surface area contributed by atoms with Gasteiger partial charge in [-0.1, -0.05) is 36.4 Å². The summed E-state index contributed by atoms with van der Waals surface area (Å²) in [7, 11) is -3.60. The van der Waals surface area contributed by atoms with E-state index in [4.69, 9.17) is 0 Å². The topological polar surface area (TPSA) is 75.7 Å². The number of rotatable bonds is 7. The Morgan fingerprint density at radius 3 is 2.37 bits per heavy atom. The molecular weight excluding hydrogens is 414 g/mol. The average Bonchev–Trinajstić information content (AvgIpc) is 2.73. The maximum atomic E-state index is 12.5. The molecule has 160 valence electrons. The highest BCUT2D eigenvalue weighted by Gasteiger charge is 2.26. The molecule has 1 heterocycles. The number of halogens is 2. The second kappa shape index (κ2) is 9.82. The molecule has 0 spiro atoms. The molecule has 0 radical (unpaired) electrons. The number of likely N-dealkylation sites (tertiary alicyclic amines) is 1. The van der Waals surface area contributed by atoms with Crippen LogP contribution < -0.4 is 9.46 Å². The zero-order chi connectivity index (χ0) is 21.6. The van der Waals surface area contributed by atoms with Crippen LogP contribution in [0.5, 0.6) is 5.75 Å². The molecule has 0 bridgehead atoms. The van der Waals surface area contributed by atoms with Gasteiger partial charge in [0.05, 0.1) is 4.90 Å². The zero-order valence-corrected chi connectivity index (χ0v) is 16.9. The van der Waals surface area contributed by atoms with Crippen molar-refractivity contribution >= 4 is 22.0 Å². The number of piperidine rings is 1. The number of carbonyl (C=O) groups is 1. The van der Waals surface area contributed by atoms with Crippen molar-refractivity contribution in [1.82, 2.24) is 9.62 Å². The largest absolute Gasteiger partial charge is 0.434 e. The SMILES string of the molecule is O=C(/C=C/c1ccccc1OC(F)F)N1CCC(NS(=O)(=O)c2ccccc2)CC1. The predicted octanol–water partition coefficient (Wildman–Crippen LogP) is 3.27. The van der Waals surface area contributed by atoms with E-state index in [0.717, 1.165) is 0 Å². The van der Waals surface area contributed by atoms with Crippen molar-refractivity contribution in [3.05, 3.63) is 66.2 Å². The van der Waals surface area contributed by atoms with Crippen molar-refractivity contribution in [1.29, 1.82) is 0 Å². The Labute approximate surface area is 174 Å². The van der Waals surface area contributed by atoms with E-state index in [0.29, 0.717) is 31.5 Å². The van der Waals surface area contributed by atoms with E-state index in [1.165, 1.54) is 30.4 Å². The van der Waals surface area contributed by atoms with Crippen molar-refractivity contribution < 1.29 is 26.7 Å². The van der Waals surface area contributed by atoms with Gasteiger partial charge in [0, 0.05) is 30.8 Å². The number of ether oxygens (including phenoxy) is 1. The number of hydrogen-bond donors (Lipinski definition) is 1. The Balaban J connectivity index is 1.55. The molecule has 2 aromatic rings. The van der Waals surface area contributed by atoms with Gasteiger partial charge >= 0.3 is 6.61 Å². The minimum absolute atomic E-state index is 0.00873. The van der Waals surface area contributed by atoms with Gasteiger partial charge in [-0.2, -0.15) is 8.78 Å². The standard InChI is InChI=1S/C21H22F2N2O4S/c22-21(23)29-19-9-5-4-6-16(19)10-11-20(26)25-14-12-17(13-15-25)24-30(27,28)18-7-2-1-3-8-18/h1-11,17,21,24H,12-15H2/b11-10+. The third-order valence-corrected chi connectivity index (χ3v) is 6.26. The van der Waals surface area contributed by atoms with Crippen LogP contribution in [0, 0.1) is 0 Å². The van der Waals surface area contributed by atoms with Crippen molar-refractivity contribution in [2.75, 3.05) is 13.1 Å². The second-order valence-electron chi connectivity index (χ2n) is 6.78. The minimum Gasteiger partial charge on any atom is -0.434 e. The Morgan fingerprint density at radius 1 is 1.07 bits per heavy atom. The normalized spacial score (nSPS) is 15.6. The molecule has 0 atom stereocenters. The van der Waals surface area contributed by atoms with Crippen LogP contribution in [0.1, 0.15) is 18.4 Å². The maximum Gasteiger partial charge on any atom is 0.387 e. The molecule has 0 aromatic heterocycles. The Hall–Kier alpha value is -2.78. The summed E-state index contributed by atoms with van der Waals surface area (Å²) in [5, 5.41) is 0. The van der Waals surface area contributed by atoms with Gasteiger partial charge in [-0.05, 0) is 37.1 Å². The maximum absolute atomic E-state index is 12.5. The molecule has 1 saturated heterocycles. The van der Waals surface area contributed by atoms with Crippen LogP contribution in [0.2, 0.25) is 0 Å². The van der Waals surface area contributed by atoms with E-state index in [1.807, 2.05) is 0 Å². The minimum atomic E-state index is -3.60. The second-order valence-corrected chi connectivity index (χ2v) is 8.50. The van der Waals surface area contributed by atoms with E-state index in [2.05, 4.69) is 9.46 Å². The van der Waals surface area contributed by atoms with Gasteiger partial charge in [0.2, 0.25) is 15.9 Å². The monoisotopic (exact) mass is 436 g/mol. The number of alkyl halides is 2. The molecule has 0 aliphatic carbocycles. The van der Waals surface area contributed by atoms with Crippen molar-refractivity contribution in [3.63, 3.8) is 0 Å². The highest BCUT2D eigenvalue weighted by Crippen LogP contribution is 2.22. The summed E-state index contributed by atoms with van der Waals surface area (Å²) in [5.41, 5.74) is 0.372. The van der Waals surface area contributed by atoms with Crippen LogP contribution in [0.3, 0.4) is 0 Å². The molecule has 9 heteroatoms. The molecule has 0 saturated carbocycles. The number of carbonyl (C=O) groups excluding carboxylic acids is 1. The van der Waals surface area contributed by atoms with Gasteiger partial charge < -0.3 is 9.64 Å². The molecular formula is C21H22F2N2O4S. The Morgan fingerprint density at radius 2 is 1.70 bits per heavy atom. The van der Waals surface area contributed by atoms with Gasteiger partial charge in [0.1, 0.15) is 5.75 Å². The molecule has 6 nitrogen and oxygen atoms in total. The van der Waals surface area contributed by atoms with E-state index >= 15 is 0 Å². The molecule has 0 unspecified atom stereocenters. The first-order valence-corrected chi connectivity index (χ1v) is 10.9. The summed E-state index contributed by atoms with van der Waals surface area (Å²) >= 11 is 0. The van der Waals surface area contributed by atoms with Gasteiger partial charge in [-0.15, -0.1) is 0 Å². The van der Waals surface area contributed by atoms with Crippen molar-refractivity contribution in [3.8, 4) is 5.75 Å². The summed E-state index contributed by atoms with van der Waals surface area (Å²) in [4.78, 5) is 14.2. The summed E-state index contributed by atoms with van der Waals surface area (Å²) in [5.74, 6) is -0.281. The quantitative estimate of drug-likeness (QED) is 0.676. The van der Waals surface area contributed by atoms with Crippen LogP contribution in [-0.4, -0.2) is 45.0 Å². The number of nitrogens with one attached hydrogen (secondary N) is 1. The molecule has 1 amide bonds. The van der Waals surface area contributed by atoms with Crippen LogP contribution in [0.25, 0.3) is 6.08 Å². The Bertz CT molecular complexity index is 989. The first-order chi connectivity index (χ1) is 14.3. The summed E-state index contributed by atoms with van der Waals surface area (Å²) < 4.78 is 56.9. The molecule has 1 fully saturated rings. The number of amides is 1. The number of sulfonamides is 1. The molecule has 1 aliphatic rings. The molecule has 2 aromatic carbocycles. The fraction of sp³-hybridized carbons (Fsp3) is 0.286. The van der Waals surface area contributed by atoms with Crippen LogP contribution in [0.4, 0.5) is 8.78 Å². The third-order valence-electron chi connectivity index (χ3n) is 4.72. The fourth-order valence-corrected chi connectivity index (χ4v) is 4.52. The summed E-state index contributed by atoms with van der Waals surface area (Å²) in [6, 6.07) is 14.1. The average molecular weight is 436 g/mol. The number of para-hydroxylation sites is 1. The highest BCUT2D eigenvalue weighted by molar-refractivity contribution is 7.89. The lowest BCUT2D eigenvalue weighted by atomic mass is 10.1. The lowest BCUT2D eigenvalue weighted by molar-refractivity contribution is -0.126. The highest BCUT2D eigenvalue weighted by atomic mass is 32.2. The number of hydrogen-bond acceptors (Lipinski definition) is 4. The number of nitrogens with zero attached hydrogens (tertiary/aromatic N) is 1. The van der Waals surface area contributed by atoms with Crippen molar-refractivity contribution in [2.24, 2.45) is 0 Å². The van der Waals surface area contributed by atoms with Crippen LogP contribution in [-0.2, 0) is 14.8 Å². The molecule has 1 N–H and O–H groups in total. The predicted molar refractivity (Wildman–Crippen MR) is 108 cm³/mol. The Kier molecular flexibility index (Phi) is 7.17. The van der Waals surface area contributed by atoms with E-state index in [9.17, 15) is 22.0 Å². The van der Waals surface area contributed by atoms with Gasteiger partial charge in [-0.25, -0.2) is 13.1 Å². The lowest BCUT2D eigenvalue weighted by Crippen LogP contribution is -2.46. The van der Waals surface area contributed by atoms with Gasteiger partial charge in [-0.3, -0.25) is 4.79 Å². The van der Waals surface area contributed by atoms with Crippen LogP contribution >= 0.6 is 0 Å². The van der Waals surface area contributed by atoms with Crippen molar-refractivity contribution in [2.45, 2.75) is 30.4 Å². The zero-order valence-electron chi connectivity index (χ0n) is 16.1. The first-order valence-electron chi connectivity index (χ1n) is 9.43. The molecule has 3 rings (SSSR count). The summed E-state index contributed by atoms with van der Waals surface area (Å²) in [6.45, 7) is -2.17. The summed E-state index contributed by atoms with van der Waals surface area (Å²) in [6.07, 6.45) is 3.71.